The van der Waals surface area contributed by atoms with Crippen LogP contribution in [0, 0.1) is 11.8 Å². The minimum atomic E-state index is -3.70. The molecule has 2 N–H and O–H groups in total. The Morgan fingerprint density at radius 2 is 1.03 bits per heavy atom. The van der Waals surface area contributed by atoms with Crippen LogP contribution in [0.25, 0.3) is 0 Å². The van der Waals surface area contributed by atoms with Gasteiger partial charge in [0.25, 0.3) is 0 Å². The number of rotatable bonds is 8. The zero-order valence-corrected chi connectivity index (χ0v) is 18.0. The summed E-state index contributed by atoms with van der Waals surface area (Å²) in [4.78, 5) is 24.2. The van der Waals surface area contributed by atoms with E-state index in [1.807, 2.05) is 27.7 Å². The minimum Gasteiger partial charge on any atom is -0.326 e. The zero-order valence-electron chi connectivity index (χ0n) is 17.2. The third kappa shape index (κ3) is 5.67. The number of nitrogens with one attached hydrogen (secondary N) is 2. The molecule has 0 unspecified atom stereocenters. The molecular formula is C22H28N2O4S. The summed E-state index contributed by atoms with van der Waals surface area (Å²) in [5, 5.41) is 5.55. The van der Waals surface area contributed by atoms with E-state index in [4.69, 9.17) is 0 Å². The maximum absolute atomic E-state index is 12.8. The molecule has 2 atom stereocenters. The van der Waals surface area contributed by atoms with Gasteiger partial charge in [0.1, 0.15) is 0 Å². The fourth-order valence-corrected chi connectivity index (χ4v) is 3.73. The number of hydrogen-bond acceptors (Lipinski definition) is 4. The fraction of sp³-hybridized carbons (Fsp3) is 0.364. The molecule has 0 heterocycles. The van der Waals surface area contributed by atoms with Crippen molar-refractivity contribution in [3.05, 3.63) is 48.5 Å². The van der Waals surface area contributed by atoms with Crippen LogP contribution in [0.15, 0.2) is 58.3 Å². The Kier molecular flexibility index (Phi) is 7.56. The lowest BCUT2D eigenvalue weighted by molar-refractivity contribution is -0.120. The van der Waals surface area contributed by atoms with Crippen molar-refractivity contribution in [2.45, 2.75) is 50.3 Å². The summed E-state index contributed by atoms with van der Waals surface area (Å²) < 4.78 is 25.7. The van der Waals surface area contributed by atoms with Gasteiger partial charge in [0.2, 0.25) is 21.7 Å². The Morgan fingerprint density at radius 3 is 1.31 bits per heavy atom. The SMILES string of the molecule is CC[C@@H](C)C(=O)Nc1ccc(S(=O)(=O)c2ccc(NC(=O)[C@H](C)CC)cc2)cc1. The Hall–Kier alpha value is -2.67. The molecular weight excluding hydrogens is 388 g/mol. The molecule has 6 nitrogen and oxygen atoms in total. The average molecular weight is 417 g/mol. The number of amides is 2. The molecule has 29 heavy (non-hydrogen) atoms. The van der Waals surface area contributed by atoms with Crippen molar-refractivity contribution in [1.29, 1.82) is 0 Å². The van der Waals surface area contributed by atoms with Crippen molar-refractivity contribution in [1.82, 2.24) is 0 Å². The van der Waals surface area contributed by atoms with E-state index in [-0.39, 0.29) is 33.4 Å². The van der Waals surface area contributed by atoms with Gasteiger partial charge in [-0.1, -0.05) is 27.7 Å². The smallest absolute Gasteiger partial charge is 0.227 e. The van der Waals surface area contributed by atoms with Gasteiger partial charge in [-0.05, 0) is 61.4 Å². The molecule has 0 aliphatic rings. The van der Waals surface area contributed by atoms with E-state index in [0.717, 1.165) is 12.8 Å². The van der Waals surface area contributed by atoms with Crippen LogP contribution in [0.3, 0.4) is 0 Å². The van der Waals surface area contributed by atoms with Gasteiger partial charge in [0, 0.05) is 23.2 Å². The van der Waals surface area contributed by atoms with Gasteiger partial charge in [-0.2, -0.15) is 0 Å². The first-order valence-electron chi connectivity index (χ1n) is 9.76. The predicted molar refractivity (Wildman–Crippen MR) is 115 cm³/mol. The second kappa shape index (κ2) is 9.69. The number of sulfone groups is 1. The molecule has 2 amide bonds. The van der Waals surface area contributed by atoms with Crippen molar-refractivity contribution in [2.75, 3.05) is 10.6 Å². The molecule has 0 aromatic heterocycles. The highest BCUT2D eigenvalue weighted by Gasteiger charge is 2.18. The van der Waals surface area contributed by atoms with Crippen LogP contribution in [0.4, 0.5) is 11.4 Å². The van der Waals surface area contributed by atoms with Crippen LogP contribution in [0.5, 0.6) is 0 Å². The summed E-state index contributed by atoms with van der Waals surface area (Å²) in [6.07, 6.45) is 1.46. The fourth-order valence-electron chi connectivity index (χ4n) is 2.47. The summed E-state index contributed by atoms with van der Waals surface area (Å²) in [5.41, 5.74) is 1.11. The Labute approximate surface area is 172 Å². The van der Waals surface area contributed by atoms with E-state index in [1.165, 1.54) is 24.3 Å². The van der Waals surface area contributed by atoms with E-state index >= 15 is 0 Å². The van der Waals surface area contributed by atoms with Crippen molar-refractivity contribution < 1.29 is 18.0 Å². The molecule has 0 radical (unpaired) electrons. The normalized spacial score (nSPS) is 13.4. The second-order valence-corrected chi connectivity index (χ2v) is 9.10. The molecule has 156 valence electrons. The van der Waals surface area contributed by atoms with E-state index in [2.05, 4.69) is 10.6 Å². The average Bonchev–Trinajstić information content (AvgIpc) is 2.73. The summed E-state index contributed by atoms with van der Waals surface area (Å²) >= 11 is 0. The zero-order chi connectivity index (χ0) is 21.6. The molecule has 2 aromatic carbocycles. The number of carbonyl (C=O) groups is 2. The van der Waals surface area contributed by atoms with Crippen LogP contribution in [-0.2, 0) is 19.4 Å². The van der Waals surface area contributed by atoms with Crippen LogP contribution in [-0.4, -0.2) is 20.2 Å². The lowest BCUT2D eigenvalue weighted by atomic mass is 10.1. The van der Waals surface area contributed by atoms with Crippen LogP contribution in [0.2, 0.25) is 0 Å². The van der Waals surface area contributed by atoms with Gasteiger partial charge in [0.15, 0.2) is 0 Å². The minimum absolute atomic E-state index is 0.0989. The van der Waals surface area contributed by atoms with Gasteiger partial charge in [-0.15, -0.1) is 0 Å². The van der Waals surface area contributed by atoms with Crippen LogP contribution in [0.1, 0.15) is 40.5 Å². The van der Waals surface area contributed by atoms with Crippen molar-refractivity contribution >= 4 is 33.0 Å². The predicted octanol–water partition coefficient (Wildman–Crippen LogP) is 4.49. The standard InChI is InChI=1S/C22H28N2O4S/c1-5-15(3)21(25)23-17-7-11-19(12-8-17)29(27,28)20-13-9-18(10-14-20)24-22(26)16(4)6-2/h7-16H,5-6H2,1-4H3,(H,23,25)(H,24,26)/t15-,16-/m1/s1. The highest BCUT2D eigenvalue weighted by Crippen LogP contribution is 2.24. The van der Waals surface area contributed by atoms with Crippen molar-refractivity contribution in [3.63, 3.8) is 0 Å². The molecule has 2 rings (SSSR count). The number of benzene rings is 2. The van der Waals surface area contributed by atoms with E-state index < -0.39 is 9.84 Å². The van der Waals surface area contributed by atoms with E-state index in [9.17, 15) is 18.0 Å². The maximum Gasteiger partial charge on any atom is 0.227 e. The van der Waals surface area contributed by atoms with Crippen molar-refractivity contribution in [2.24, 2.45) is 11.8 Å². The van der Waals surface area contributed by atoms with Gasteiger partial charge in [-0.25, -0.2) is 8.42 Å². The second-order valence-electron chi connectivity index (χ2n) is 7.15. The van der Waals surface area contributed by atoms with Gasteiger partial charge < -0.3 is 10.6 Å². The Balaban J connectivity index is 2.14. The van der Waals surface area contributed by atoms with E-state index in [1.54, 1.807) is 24.3 Å². The first-order chi connectivity index (χ1) is 13.7. The Morgan fingerprint density at radius 1 is 0.724 bits per heavy atom. The van der Waals surface area contributed by atoms with Gasteiger partial charge >= 0.3 is 0 Å². The van der Waals surface area contributed by atoms with Crippen LogP contribution >= 0.6 is 0 Å². The highest BCUT2D eigenvalue weighted by molar-refractivity contribution is 7.91. The third-order valence-electron chi connectivity index (χ3n) is 4.98. The lowest BCUT2D eigenvalue weighted by Gasteiger charge is -2.12. The quantitative estimate of drug-likeness (QED) is 0.663. The molecule has 0 aliphatic carbocycles. The molecule has 2 aromatic rings. The topological polar surface area (TPSA) is 92.3 Å². The third-order valence-corrected chi connectivity index (χ3v) is 6.77. The highest BCUT2D eigenvalue weighted by atomic mass is 32.2. The molecule has 0 fully saturated rings. The molecule has 0 saturated heterocycles. The molecule has 7 heteroatoms. The molecule has 0 spiro atoms. The summed E-state index contributed by atoms with van der Waals surface area (Å²) in [6, 6.07) is 12.2. The van der Waals surface area contributed by atoms with Crippen LogP contribution < -0.4 is 10.6 Å². The first kappa shape index (κ1) is 22.6. The van der Waals surface area contributed by atoms with Crippen molar-refractivity contribution in [3.8, 4) is 0 Å². The number of carbonyl (C=O) groups excluding carboxylic acids is 2. The lowest BCUT2D eigenvalue weighted by Crippen LogP contribution is -2.19. The monoisotopic (exact) mass is 416 g/mol. The Bertz CT molecular complexity index is 878. The molecule has 0 aliphatic heterocycles. The van der Waals surface area contributed by atoms with Gasteiger partial charge in [0.05, 0.1) is 9.79 Å². The molecule has 0 bridgehead atoms. The summed E-state index contributed by atoms with van der Waals surface area (Å²) in [6.45, 7) is 7.54. The largest absolute Gasteiger partial charge is 0.326 e. The molecule has 0 saturated carbocycles. The van der Waals surface area contributed by atoms with Gasteiger partial charge in [-0.3, -0.25) is 9.59 Å². The maximum atomic E-state index is 12.8. The summed E-state index contributed by atoms with van der Waals surface area (Å²) in [7, 11) is -3.70. The number of anilines is 2. The summed E-state index contributed by atoms with van der Waals surface area (Å²) in [5.74, 6) is -0.424. The first-order valence-corrected chi connectivity index (χ1v) is 11.2. The van der Waals surface area contributed by atoms with E-state index in [0.29, 0.717) is 11.4 Å². The number of hydrogen-bond donors (Lipinski definition) is 2.